The molecule has 2 aliphatic heterocycles. The van der Waals surface area contributed by atoms with Gasteiger partial charge in [-0.25, -0.2) is 9.97 Å². The zero-order valence-electron chi connectivity index (χ0n) is 30.2. The van der Waals surface area contributed by atoms with E-state index in [-0.39, 0.29) is 0 Å². The van der Waals surface area contributed by atoms with Crippen molar-refractivity contribution in [2.75, 3.05) is 61.5 Å². The molecule has 260 valence electrons. The van der Waals surface area contributed by atoms with Gasteiger partial charge in [-0.1, -0.05) is 24.3 Å². The molecule has 5 heterocycles. The summed E-state index contributed by atoms with van der Waals surface area (Å²) in [7, 11) is 10.8. The van der Waals surface area contributed by atoms with Gasteiger partial charge in [0, 0.05) is 46.2 Å². The summed E-state index contributed by atoms with van der Waals surface area (Å²) in [5.74, 6) is 1.74. The number of H-pyrrole nitrogens is 2. The van der Waals surface area contributed by atoms with Gasteiger partial charge in [-0.3, -0.25) is 0 Å². The molecule has 0 saturated heterocycles. The number of aromatic amines is 2. The van der Waals surface area contributed by atoms with Gasteiger partial charge < -0.3 is 28.8 Å². The van der Waals surface area contributed by atoms with Crippen LogP contribution in [0.3, 0.4) is 0 Å². The average Bonchev–Trinajstić information content (AvgIpc) is 3.93. The van der Waals surface area contributed by atoms with Gasteiger partial charge in [-0.2, -0.15) is 0 Å². The van der Waals surface area contributed by atoms with Gasteiger partial charge in [0.1, 0.15) is 11.5 Å². The van der Waals surface area contributed by atoms with E-state index in [1.54, 1.807) is 0 Å². The largest absolute Gasteiger partial charge is 0.494 e. The Balaban J connectivity index is 1.27. The number of hydrogen-bond donors (Lipinski definition) is 2. The molecule has 0 saturated carbocycles. The first-order valence-corrected chi connectivity index (χ1v) is 17.7. The molecule has 0 aliphatic carbocycles. The van der Waals surface area contributed by atoms with Crippen molar-refractivity contribution in [3.05, 3.63) is 108 Å². The van der Waals surface area contributed by atoms with Gasteiger partial charge in [-0.05, 0) is 117 Å². The highest BCUT2D eigenvalue weighted by Crippen LogP contribution is 2.33. The Kier molecular flexibility index (Phi) is 9.88. The molecule has 0 amide bonds. The van der Waals surface area contributed by atoms with Crippen LogP contribution in [0.15, 0.2) is 84.9 Å². The summed E-state index contributed by atoms with van der Waals surface area (Å²) in [5, 5.41) is 0. The van der Waals surface area contributed by atoms with Crippen LogP contribution in [0.4, 0.5) is 0 Å². The maximum Gasteiger partial charge on any atom is 0.119 e. The highest BCUT2D eigenvalue weighted by Gasteiger charge is 2.14. The van der Waals surface area contributed by atoms with Crippen LogP contribution < -0.4 is 9.47 Å². The molecule has 2 N–H and O–H groups in total. The zero-order valence-corrected chi connectivity index (χ0v) is 30.2. The number of aromatic nitrogens is 4. The van der Waals surface area contributed by atoms with Crippen LogP contribution in [0.1, 0.15) is 35.6 Å². The lowest BCUT2D eigenvalue weighted by Gasteiger charge is -2.23. The molecule has 0 unspecified atom stereocenters. The van der Waals surface area contributed by atoms with E-state index in [0.717, 1.165) is 109 Å². The van der Waals surface area contributed by atoms with Crippen molar-refractivity contribution >= 4 is 46.4 Å². The Morgan fingerprint density at radius 1 is 0.588 bits per heavy atom. The van der Waals surface area contributed by atoms with E-state index in [2.05, 4.69) is 147 Å². The van der Waals surface area contributed by atoms with E-state index in [1.807, 2.05) is 12.1 Å². The molecule has 0 spiro atoms. The molecule has 2 aromatic carbocycles. The molecule has 2 aliphatic rings. The second-order valence-electron chi connectivity index (χ2n) is 14.5. The van der Waals surface area contributed by atoms with Gasteiger partial charge in [0.05, 0.1) is 63.7 Å². The lowest BCUT2D eigenvalue weighted by Crippen LogP contribution is -2.35. The van der Waals surface area contributed by atoms with E-state index in [4.69, 9.17) is 19.4 Å². The summed E-state index contributed by atoms with van der Waals surface area (Å²) in [5.41, 5.74) is 11.6. The topological polar surface area (TPSA) is 79.1 Å². The van der Waals surface area contributed by atoms with E-state index in [0.29, 0.717) is 13.2 Å². The third kappa shape index (κ3) is 8.48. The fraction of sp³-hybridized carbons (Fsp3) is 0.256. The van der Waals surface area contributed by atoms with Crippen molar-refractivity contribution in [1.82, 2.24) is 24.8 Å². The molecule has 3 aromatic heterocycles. The number of ether oxygens (including phenoxy) is 2. The number of nitrogens with zero attached hydrogens (tertiary/aromatic N) is 4. The van der Waals surface area contributed by atoms with Crippen molar-refractivity contribution in [3.8, 4) is 33.8 Å². The second-order valence-corrected chi connectivity index (χ2v) is 14.5. The Morgan fingerprint density at radius 3 is 1.51 bits per heavy atom. The maximum absolute atomic E-state index is 6.08. The van der Waals surface area contributed by atoms with E-state index in [1.165, 1.54) is 0 Å². The molecule has 51 heavy (non-hydrogen) atoms. The van der Waals surface area contributed by atoms with Crippen molar-refractivity contribution in [3.63, 3.8) is 0 Å². The fourth-order valence-electron chi connectivity index (χ4n) is 6.42. The monoisotopic (exact) mass is 679 g/mol. The summed E-state index contributed by atoms with van der Waals surface area (Å²) >= 11 is 0. The highest BCUT2D eigenvalue weighted by atomic mass is 16.5. The highest BCUT2D eigenvalue weighted by molar-refractivity contribution is 5.93. The third-order valence-corrected chi connectivity index (χ3v) is 8.94. The number of nitrogens with one attached hydrogen (secondary N) is 2. The normalized spacial score (nSPS) is 12.5. The van der Waals surface area contributed by atoms with E-state index in [9.17, 15) is 0 Å². The summed E-state index contributed by atoms with van der Waals surface area (Å²) in [6.07, 6.45) is 10.3. The molecule has 0 atom stereocenters. The van der Waals surface area contributed by atoms with Crippen LogP contribution in [0.25, 0.3) is 68.6 Å². The molecule has 5 aromatic rings. The Morgan fingerprint density at radius 2 is 1.06 bits per heavy atom. The van der Waals surface area contributed by atoms with Gasteiger partial charge in [0.25, 0.3) is 0 Å². The van der Waals surface area contributed by atoms with Crippen LogP contribution in [-0.4, -0.2) is 90.9 Å². The fourth-order valence-corrected chi connectivity index (χ4v) is 6.42. The SMILES string of the molecule is CN(C)CCCOc1ccc(-c2c3nc(cc4ccc([nH]4)c(-c4ccc(OCCC[N+](C)(C)C)cc4)c4nc(cc5ccc2[nH]5)C=C4)C=C3)cc1. The van der Waals surface area contributed by atoms with Gasteiger partial charge in [0.2, 0.25) is 0 Å². The smallest absolute Gasteiger partial charge is 0.119 e. The van der Waals surface area contributed by atoms with E-state index >= 15 is 0 Å². The molecule has 8 nitrogen and oxygen atoms in total. The lowest BCUT2D eigenvalue weighted by atomic mass is 10.0. The first-order chi connectivity index (χ1) is 24.7. The minimum atomic E-state index is 0.684. The Hall–Kier alpha value is -5.44. The number of benzene rings is 2. The summed E-state index contributed by atoms with van der Waals surface area (Å²) in [6.45, 7) is 3.44. The standard InChI is InChI=1S/C43H47N6O2/c1-48(2)24-6-26-50-36-16-8-30(9-17-36)42-38-20-12-32(44-38)28-34-14-22-40(46-34)43(41-23-15-35(47-41)29-33-13-21-39(42)45-33)31-10-18-37(19-11-31)51-27-7-25-49(3,4)5/h8-23,28-29,44,47H,6-7,24-27H2,1-5H3/q+1. The number of rotatable bonds is 12. The van der Waals surface area contributed by atoms with Crippen LogP contribution >= 0.6 is 0 Å². The zero-order chi connectivity index (χ0) is 35.4. The molecule has 8 heteroatoms. The van der Waals surface area contributed by atoms with Crippen LogP contribution in [-0.2, 0) is 0 Å². The molecule has 0 radical (unpaired) electrons. The number of fused-ring (bicyclic) bond motifs is 8. The first kappa shape index (κ1) is 34.0. The minimum Gasteiger partial charge on any atom is -0.494 e. The predicted octanol–water partition coefficient (Wildman–Crippen LogP) is 8.80. The molecule has 0 fully saturated rings. The van der Waals surface area contributed by atoms with Crippen LogP contribution in [0.2, 0.25) is 0 Å². The number of quaternary nitrogens is 1. The molecule has 7 rings (SSSR count). The maximum atomic E-state index is 6.08. The predicted molar refractivity (Wildman–Crippen MR) is 211 cm³/mol. The van der Waals surface area contributed by atoms with Crippen molar-refractivity contribution in [2.45, 2.75) is 12.8 Å². The van der Waals surface area contributed by atoms with Gasteiger partial charge >= 0.3 is 0 Å². The van der Waals surface area contributed by atoms with Crippen molar-refractivity contribution < 1.29 is 14.0 Å². The second kappa shape index (κ2) is 14.8. The quantitative estimate of drug-likeness (QED) is 0.0997. The Labute approximate surface area is 300 Å². The van der Waals surface area contributed by atoms with Crippen molar-refractivity contribution in [2.24, 2.45) is 0 Å². The summed E-state index contributed by atoms with van der Waals surface area (Å²) < 4.78 is 13.0. The summed E-state index contributed by atoms with van der Waals surface area (Å²) in [6, 6.07) is 29.3. The van der Waals surface area contributed by atoms with E-state index < -0.39 is 0 Å². The molecular formula is C43H47N6O2+. The first-order valence-electron chi connectivity index (χ1n) is 17.7. The molecular weight excluding hydrogens is 633 g/mol. The number of hydrogen-bond acceptors (Lipinski definition) is 5. The minimum absolute atomic E-state index is 0.684. The van der Waals surface area contributed by atoms with Crippen molar-refractivity contribution in [1.29, 1.82) is 0 Å². The summed E-state index contributed by atoms with van der Waals surface area (Å²) in [4.78, 5) is 19.6. The Bertz CT molecular complexity index is 2220. The molecule has 8 bridgehead atoms. The van der Waals surface area contributed by atoms with Gasteiger partial charge in [0.15, 0.2) is 0 Å². The van der Waals surface area contributed by atoms with Gasteiger partial charge in [-0.15, -0.1) is 0 Å². The lowest BCUT2D eigenvalue weighted by molar-refractivity contribution is -0.870. The third-order valence-electron chi connectivity index (χ3n) is 8.94. The van der Waals surface area contributed by atoms with Crippen LogP contribution in [0, 0.1) is 0 Å². The average molecular weight is 680 g/mol. The van der Waals surface area contributed by atoms with Crippen LogP contribution in [0.5, 0.6) is 11.5 Å².